The summed E-state index contributed by atoms with van der Waals surface area (Å²) in [5.41, 5.74) is 0.240. The minimum absolute atomic E-state index is 0.153. The van der Waals surface area contributed by atoms with E-state index in [4.69, 9.17) is 0 Å². The second kappa shape index (κ2) is 5.78. The molecule has 2 nitrogen and oxygen atoms in total. The lowest BCUT2D eigenvalue weighted by molar-refractivity contribution is 0.0779. The van der Waals surface area contributed by atoms with Crippen LogP contribution in [0.2, 0.25) is 0 Å². The van der Waals surface area contributed by atoms with Crippen LogP contribution in [0.25, 0.3) is 0 Å². The molecule has 0 aliphatic carbocycles. The molecule has 1 aliphatic heterocycles. The number of hydrogen-bond acceptors (Lipinski definition) is 2. The van der Waals surface area contributed by atoms with Gasteiger partial charge in [0.2, 0.25) is 0 Å². The van der Waals surface area contributed by atoms with Gasteiger partial charge in [-0.3, -0.25) is 9.69 Å². The predicted molar refractivity (Wildman–Crippen MR) is 70.1 cm³/mol. The third kappa shape index (κ3) is 3.18. The third-order valence-corrected chi connectivity index (χ3v) is 4.09. The lowest BCUT2D eigenvalue weighted by Gasteiger charge is -2.37. The van der Waals surface area contributed by atoms with Crippen molar-refractivity contribution >= 4 is 5.78 Å². The molecule has 1 aromatic carbocycles. The summed E-state index contributed by atoms with van der Waals surface area (Å²) in [5.74, 6) is -1.48. The van der Waals surface area contributed by atoms with Gasteiger partial charge in [0.25, 0.3) is 0 Å². The zero-order chi connectivity index (χ0) is 14.0. The quantitative estimate of drug-likeness (QED) is 0.783. The maximum Gasteiger partial charge on any atom is 0.176 e. The van der Waals surface area contributed by atoms with E-state index in [9.17, 15) is 13.6 Å². The molecule has 104 valence electrons. The molecule has 0 spiro atoms. The molecule has 0 radical (unpaired) electrons. The summed E-state index contributed by atoms with van der Waals surface area (Å²) in [5, 5.41) is 0. The van der Waals surface area contributed by atoms with Crippen LogP contribution in [0.1, 0.15) is 37.0 Å². The molecule has 2 rings (SSSR count). The highest BCUT2D eigenvalue weighted by atomic mass is 19.2. The summed E-state index contributed by atoms with van der Waals surface area (Å²) in [6.07, 6.45) is 2.26. The van der Waals surface area contributed by atoms with E-state index in [0.717, 1.165) is 25.1 Å². The average molecular weight is 267 g/mol. The van der Waals surface area contributed by atoms with Gasteiger partial charge in [-0.05, 0) is 50.4 Å². The van der Waals surface area contributed by atoms with Gasteiger partial charge in [0.1, 0.15) is 0 Å². The van der Waals surface area contributed by atoms with Crippen molar-refractivity contribution in [2.75, 3.05) is 13.1 Å². The Morgan fingerprint density at radius 3 is 2.74 bits per heavy atom. The standard InChI is InChI=1S/C15H19F2NO/c1-10-4-3-7-18(11(10)2)9-15(19)12-5-6-13(16)14(17)8-12/h5-6,8,10-11H,3-4,7,9H2,1-2H3. The smallest absolute Gasteiger partial charge is 0.176 e. The second-order valence-corrected chi connectivity index (χ2v) is 5.38. The van der Waals surface area contributed by atoms with Crippen molar-refractivity contribution in [3.8, 4) is 0 Å². The zero-order valence-electron chi connectivity index (χ0n) is 11.3. The Kier molecular flexibility index (Phi) is 4.30. The largest absolute Gasteiger partial charge is 0.293 e. The van der Waals surface area contributed by atoms with Crippen LogP contribution in [0.15, 0.2) is 18.2 Å². The zero-order valence-corrected chi connectivity index (χ0v) is 11.3. The molecule has 1 aliphatic rings. The molecule has 2 unspecified atom stereocenters. The molecule has 19 heavy (non-hydrogen) atoms. The van der Waals surface area contributed by atoms with Gasteiger partial charge in [-0.2, -0.15) is 0 Å². The van der Waals surface area contributed by atoms with Crippen molar-refractivity contribution in [2.45, 2.75) is 32.7 Å². The fourth-order valence-electron chi connectivity index (χ4n) is 2.59. The monoisotopic (exact) mass is 267 g/mol. The number of nitrogens with zero attached hydrogens (tertiary/aromatic N) is 1. The van der Waals surface area contributed by atoms with Crippen molar-refractivity contribution in [3.63, 3.8) is 0 Å². The molecule has 1 aromatic rings. The Hall–Kier alpha value is -1.29. The average Bonchev–Trinajstić information content (AvgIpc) is 2.38. The van der Waals surface area contributed by atoms with E-state index in [1.807, 2.05) is 0 Å². The fourth-order valence-corrected chi connectivity index (χ4v) is 2.59. The van der Waals surface area contributed by atoms with Gasteiger partial charge in [-0.1, -0.05) is 6.92 Å². The van der Waals surface area contributed by atoms with Crippen molar-refractivity contribution < 1.29 is 13.6 Å². The first-order valence-corrected chi connectivity index (χ1v) is 6.71. The number of carbonyl (C=O) groups is 1. The van der Waals surface area contributed by atoms with Crippen molar-refractivity contribution in [3.05, 3.63) is 35.4 Å². The predicted octanol–water partition coefficient (Wildman–Crippen LogP) is 3.27. The Bertz CT molecular complexity index is 475. The number of ketones is 1. The lowest BCUT2D eigenvalue weighted by atomic mass is 9.91. The molecule has 0 saturated carbocycles. The molecule has 1 heterocycles. The second-order valence-electron chi connectivity index (χ2n) is 5.38. The number of rotatable bonds is 3. The topological polar surface area (TPSA) is 20.3 Å². The van der Waals surface area contributed by atoms with Crippen LogP contribution in [-0.2, 0) is 0 Å². The van der Waals surface area contributed by atoms with Crippen LogP contribution in [0.4, 0.5) is 8.78 Å². The van der Waals surface area contributed by atoms with E-state index in [2.05, 4.69) is 18.7 Å². The van der Waals surface area contributed by atoms with Crippen molar-refractivity contribution in [1.29, 1.82) is 0 Å². The number of carbonyl (C=O) groups excluding carboxylic acids is 1. The summed E-state index contributed by atoms with van der Waals surface area (Å²) >= 11 is 0. The normalized spacial score (nSPS) is 24.4. The first kappa shape index (κ1) is 14.1. The summed E-state index contributed by atoms with van der Waals surface area (Å²) in [4.78, 5) is 14.2. The van der Waals surface area contributed by atoms with Gasteiger partial charge < -0.3 is 0 Å². The minimum atomic E-state index is -0.967. The molecule has 2 atom stereocenters. The first-order valence-electron chi connectivity index (χ1n) is 6.71. The highest BCUT2D eigenvalue weighted by Gasteiger charge is 2.26. The van der Waals surface area contributed by atoms with Gasteiger partial charge in [-0.25, -0.2) is 8.78 Å². The van der Waals surface area contributed by atoms with Gasteiger partial charge in [0.05, 0.1) is 6.54 Å². The number of piperidine rings is 1. The van der Waals surface area contributed by atoms with Crippen LogP contribution < -0.4 is 0 Å². The highest BCUT2D eigenvalue weighted by Crippen LogP contribution is 2.23. The van der Waals surface area contributed by atoms with E-state index < -0.39 is 11.6 Å². The van der Waals surface area contributed by atoms with Gasteiger partial charge in [-0.15, -0.1) is 0 Å². The van der Waals surface area contributed by atoms with Gasteiger partial charge in [0.15, 0.2) is 17.4 Å². The van der Waals surface area contributed by atoms with E-state index >= 15 is 0 Å². The van der Waals surface area contributed by atoms with E-state index in [1.54, 1.807) is 0 Å². The Labute approximate surface area is 112 Å². The maximum absolute atomic E-state index is 13.1. The maximum atomic E-state index is 13.1. The number of likely N-dealkylation sites (tertiary alicyclic amines) is 1. The third-order valence-electron chi connectivity index (χ3n) is 4.09. The number of Topliss-reactive ketones (excluding diaryl/α,β-unsaturated/α-hetero) is 1. The molecule has 0 aromatic heterocycles. The molecule has 1 fully saturated rings. The van der Waals surface area contributed by atoms with Crippen molar-refractivity contribution in [2.24, 2.45) is 5.92 Å². The number of hydrogen-bond donors (Lipinski definition) is 0. The summed E-state index contributed by atoms with van der Waals surface area (Å²) in [6.45, 7) is 5.46. The molecule has 0 bridgehead atoms. The molecular weight excluding hydrogens is 248 g/mol. The van der Waals surface area contributed by atoms with E-state index in [1.165, 1.54) is 12.5 Å². The van der Waals surface area contributed by atoms with Crippen LogP contribution in [-0.4, -0.2) is 29.8 Å². The van der Waals surface area contributed by atoms with Crippen LogP contribution in [0.3, 0.4) is 0 Å². The molecule has 0 N–H and O–H groups in total. The number of halogens is 2. The Balaban J connectivity index is 2.06. The van der Waals surface area contributed by atoms with Crippen LogP contribution in [0.5, 0.6) is 0 Å². The minimum Gasteiger partial charge on any atom is -0.293 e. The van der Waals surface area contributed by atoms with Gasteiger partial charge >= 0.3 is 0 Å². The van der Waals surface area contributed by atoms with E-state index in [0.29, 0.717) is 12.0 Å². The van der Waals surface area contributed by atoms with Gasteiger partial charge in [0, 0.05) is 11.6 Å². The summed E-state index contributed by atoms with van der Waals surface area (Å²) in [6, 6.07) is 3.68. The van der Waals surface area contributed by atoms with Crippen LogP contribution in [0, 0.1) is 17.6 Å². The summed E-state index contributed by atoms with van der Waals surface area (Å²) in [7, 11) is 0. The van der Waals surface area contributed by atoms with Crippen LogP contribution >= 0.6 is 0 Å². The Morgan fingerprint density at radius 2 is 2.05 bits per heavy atom. The molecule has 1 saturated heterocycles. The summed E-state index contributed by atoms with van der Waals surface area (Å²) < 4.78 is 26.0. The lowest BCUT2D eigenvalue weighted by Crippen LogP contribution is -2.44. The Morgan fingerprint density at radius 1 is 1.32 bits per heavy atom. The highest BCUT2D eigenvalue weighted by molar-refractivity contribution is 5.97. The molecule has 0 amide bonds. The van der Waals surface area contributed by atoms with Crippen molar-refractivity contribution in [1.82, 2.24) is 4.90 Å². The molecular formula is C15H19F2NO. The SMILES string of the molecule is CC1CCCN(CC(=O)c2ccc(F)c(F)c2)C1C. The number of benzene rings is 1. The molecule has 4 heteroatoms. The van der Waals surface area contributed by atoms with E-state index in [-0.39, 0.29) is 17.9 Å². The fraction of sp³-hybridized carbons (Fsp3) is 0.533. The first-order chi connectivity index (χ1) is 8.99.